The number of benzene rings is 2. The van der Waals surface area contributed by atoms with E-state index >= 15 is 0 Å². The van der Waals surface area contributed by atoms with Crippen LogP contribution in [-0.2, 0) is 10.4 Å². The van der Waals surface area contributed by atoms with Crippen molar-refractivity contribution in [3.05, 3.63) is 62.6 Å². The summed E-state index contributed by atoms with van der Waals surface area (Å²) < 4.78 is 0.764. The Labute approximate surface area is 168 Å². The van der Waals surface area contributed by atoms with E-state index in [1.165, 1.54) is 0 Å². The van der Waals surface area contributed by atoms with Gasteiger partial charge >= 0.3 is 0 Å². The summed E-state index contributed by atoms with van der Waals surface area (Å²) in [5, 5.41) is 11.3. The molecule has 0 saturated carbocycles. The number of carbonyl (C=O) groups is 2. The third kappa shape index (κ3) is 3.34. The number of Topliss-reactive ketones (excluding diaryl/α,β-unsaturated/α-hetero) is 1. The van der Waals surface area contributed by atoms with Gasteiger partial charge in [0.25, 0.3) is 5.91 Å². The minimum atomic E-state index is -1.84. The van der Waals surface area contributed by atoms with Gasteiger partial charge in [-0.1, -0.05) is 28.9 Å². The quantitative estimate of drug-likeness (QED) is 0.706. The summed E-state index contributed by atoms with van der Waals surface area (Å²) in [6, 6.07) is 9.22. The van der Waals surface area contributed by atoms with Crippen molar-refractivity contribution in [2.24, 2.45) is 0 Å². The number of hydrogen-bond acceptors (Lipinski definition) is 3. The third-order valence-electron chi connectivity index (χ3n) is 5.30. The van der Waals surface area contributed by atoms with Crippen LogP contribution < -0.4 is 4.90 Å². The van der Waals surface area contributed by atoms with Gasteiger partial charge in [-0.2, -0.15) is 0 Å². The van der Waals surface area contributed by atoms with Crippen LogP contribution in [0.15, 0.2) is 34.8 Å². The van der Waals surface area contributed by atoms with Gasteiger partial charge in [0, 0.05) is 22.1 Å². The zero-order chi connectivity index (χ0) is 19.9. The fraction of sp³-hybridized carbons (Fsp3) is 0.364. The summed E-state index contributed by atoms with van der Waals surface area (Å²) >= 11 is 3.41. The molecular weight excluding hydrogens is 406 g/mol. The lowest BCUT2D eigenvalue weighted by Crippen LogP contribution is -2.42. The largest absolute Gasteiger partial charge is 0.375 e. The number of anilines is 1. The fourth-order valence-electron chi connectivity index (χ4n) is 3.73. The van der Waals surface area contributed by atoms with Gasteiger partial charge in [0.1, 0.15) is 0 Å². The van der Waals surface area contributed by atoms with Gasteiger partial charge in [-0.3, -0.25) is 9.59 Å². The first-order chi connectivity index (χ1) is 12.7. The summed E-state index contributed by atoms with van der Waals surface area (Å²) in [6.07, 6.45) is 0.500. The lowest BCUT2D eigenvalue weighted by Gasteiger charge is -2.23. The molecule has 0 aromatic heterocycles. The van der Waals surface area contributed by atoms with Crippen LogP contribution in [0.4, 0.5) is 5.69 Å². The molecule has 142 valence electrons. The SMILES string of the molecule is CCCN1C(=O)[C@@](O)(CC(=O)c2cc(C)c(C)cc2C)c2cc(Br)ccc21. The lowest BCUT2D eigenvalue weighted by atomic mass is 9.86. The zero-order valence-electron chi connectivity index (χ0n) is 16.1. The zero-order valence-corrected chi connectivity index (χ0v) is 17.7. The number of amides is 1. The third-order valence-corrected chi connectivity index (χ3v) is 5.79. The van der Waals surface area contributed by atoms with Gasteiger partial charge in [0.15, 0.2) is 11.4 Å². The number of carbonyl (C=O) groups excluding carboxylic acids is 2. The van der Waals surface area contributed by atoms with Gasteiger partial charge in [-0.25, -0.2) is 0 Å². The average Bonchev–Trinajstić information content (AvgIpc) is 2.80. The number of aliphatic hydroxyl groups is 1. The molecule has 5 heteroatoms. The van der Waals surface area contributed by atoms with Crippen molar-refractivity contribution >= 4 is 33.3 Å². The lowest BCUT2D eigenvalue weighted by molar-refractivity contribution is -0.135. The van der Waals surface area contributed by atoms with E-state index in [1.54, 1.807) is 11.0 Å². The van der Waals surface area contributed by atoms with Crippen LogP contribution in [0.3, 0.4) is 0 Å². The van der Waals surface area contributed by atoms with E-state index in [-0.39, 0.29) is 12.2 Å². The number of halogens is 1. The Kier molecular flexibility index (Phi) is 5.28. The number of hydrogen-bond donors (Lipinski definition) is 1. The second-order valence-electron chi connectivity index (χ2n) is 7.33. The first-order valence-corrected chi connectivity index (χ1v) is 9.93. The van der Waals surface area contributed by atoms with Crippen LogP contribution in [0.25, 0.3) is 0 Å². The van der Waals surface area contributed by atoms with E-state index in [0.717, 1.165) is 27.6 Å². The molecule has 1 N–H and O–H groups in total. The van der Waals surface area contributed by atoms with Crippen LogP contribution in [0.2, 0.25) is 0 Å². The molecule has 0 spiro atoms. The van der Waals surface area contributed by atoms with Gasteiger partial charge in [0.05, 0.1) is 12.1 Å². The molecule has 4 nitrogen and oxygen atoms in total. The van der Waals surface area contributed by atoms with E-state index in [0.29, 0.717) is 23.4 Å². The van der Waals surface area contributed by atoms with Gasteiger partial charge in [-0.05, 0) is 68.1 Å². The minimum Gasteiger partial charge on any atom is -0.375 e. The summed E-state index contributed by atoms with van der Waals surface area (Å²) in [6.45, 7) is 8.32. The van der Waals surface area contributed by atoms with Crippen molar-refractivity contribution in [2.75, 3.05) is 11.4 Å². The maximum absolute atomic E-state index is 13.1. The fourth-order valence-corrected chi connectivity index (χ4v) is 4.09. The molecule has 2 aromatic rings. The Hall–Kier alpha value is -1.98. The van der Waals surface area contributed by atoms with E-state index < -0.39 is 11.5 Å². The number of rotatable bonds is 5. The topological polar surface area (TPSA) is 57.6 Å². The minimum absolute atomic E-state index is 0.226. The van der Waals surface area contributed by atoms with Crippen LogP contribution in [0, 0.1) is 20.8 Å². The van der Waals surface area contributed by atoms with Crippen LogP contribution in [0.1, 0.15) is 52.4 Å². The van der Waals surface area contributed by atoms with Crippen LogP contribution in [-0.4, -0.2) is 23.3 Å². The van der Waals surface area contributed by atoms with Crippen molar-refractivity contribution in [1.82, 2.24) is 0 Å². The Bertz CT molecular complexity index is 937. The van der Waals surface area contributed by atoms with Crippen molar-refractivity contribution < 1.29 is 14.7 Å². The van der Waals surface area contributed by atoms with Crippen molar-refractivity contribution in [3.8, 4) is 0 Å². The molecule has 1 aliphatic rings. The maximum Gasteiger partial charge on any atom is 0.264 e. The Morgan fingerprint density at radius 1 is 1.11 bits per heavy atom. The standard InChI is InChI=1S/C22H24BrNO3/c1-5-8-24-19-7-6-16(23)11-18(19)22(27,21(24)26)12-20(25)17-10-14(3)13(2)9-15(17)4/h6-7,9-11,27H,5,8,12H2,1-4H3/t22-/m1/s1. The molecule has 2 aromatic carbocycles. The molecule has 0 radical (unpaired) electrons. The summed E-state index contributed by atoms with van der Waals surface area (Å²) in [5.74, 6) is -0.650. The number of ketones is 1. The molecule has 1 aliphatic heterocycles. The van der Waals surface area contributed by atoms with Gasteiger partial charge < -0.3 is 10.0 Å². The second-order valence-corrected chi connectivity index (χ2v) is 8.25. The molecule has 0 saturated heterocycles. The van der Waals surface area contributed by atoms with Crippen LogP contribution >= 0.6 is 15.9 Å². The highest BCUT2D eigenvalue weighted by Crippen LogP contribution is 2.44. The van der Waals surface area contributed by atoms with Crippen LogP contribution in [0.5, 0.6) is 0 Å². The number of fused-ring (bicyclic) bond motifs is 1. The average molecular weight is 430 g/mol. The van der Waals surface area contributed by atoms with E-state index in [9.17, 15) is 14.7 Å². The van der Waals surface area contributed by atoms with E-state index in [1.807, 2.05) is 52.0 Å². The maximum atomic E-state index is 13.1. The molecule has 3 rings (SSSR count). The number of aryl methyl sites for hydroxylation is 3. The molecular formula is C22H24BrNO3. The van der Waals surface area contributed by atoms with Crippen molar-refractivity contribution in [3.63, 3.8) is 0 Å². The molecule has 1 heterocycles. The van der Waals surface area contributed by atoms with E-state index in [4.69, 9.17) is 0 Å². The second kappa shape index (κ2) is 7.21. The highest BCUT2D eigenvalue weighted by molar-refractivity contribution is 9.10. The predicted octanol–water partition coefficient (Wildman–Crippen LogP) is 4.59. The summed E-state index contributed by atoms with van der Waals surface area (Å²) in [4.78, 5) is 27.7. The van der Waals surface area contributed by atoms with Crippen molar-refractivity contribution in [2.45, 2.75) is 46.1 Å². The Morgan fingerprint density at radius 2 is 1.78 bits per heavy atom. The molecule has 0 bridgehead atoms. The number of nitrogens with zero attached hydrogens (tertiary/aromatic N) is 1. The van der Waals surface area contributed by atoms with E-state index in [2.05, 4.69) is 15.9 Å². The smallest absolute Gasteiger partial charge is 0.264 e. The Morgan fingerprint density at radius 3 is 2.44 bits per heavy atom. The first kappa shape index (κ1) is 19.8. The summed E-state index contributed by atoms with van der Waals surface area (Å²) in [5.41, 5.74) is 2.88. The predicted molar refractivity (Wildman–Crippen MR) is 110 cm³/mol. The highest BCUT2D eigenvalue weighted by atomic mass is 79.9. The molecule has 1 amide bonds. The summed E-state index contributed by atoms with van der Waals surface area (Å²) in [7, 11) is 0. The molecule has 0 fully saturated rings. The monoisotopic (exact) mass is 429 g/mol. The molecule has 1 atom stereocenters. The van der Waals surface area contributed by atoms with Gasteiger partial charge in [-0.15, -0.1) is 0 Å². The highest BCUT2D eigenvalue weighted by Gasteiger charge is 2.50. The molecule has 0 aliphatic carbocycles. The van der Waals surface area contributed by atoms with Gasteiger partial charge in [0.2, 0.25) is 0 Å². The van der Waals surface area contributed by atoms with Crippen molar-refractivity contribution in [1.29, 1.82) is 0 Å². The normalized spacial score (nSPS) is 18.7. The Balaban J connectivity index is 2.03. The molecule has 27 heavy (non-hydrogen) atoms. The first-order valence-electron chi connectivity index (χ1n) is 9.14. The molecule has 0 unspecified atom stereocenters.